The van der Waals surface area contributed by atoms with Gasteiger partial charge in [-0.1, -0.05) is 11.6 Å². The van der Waals surface area contributed by atoms with Crippen molar-refractivity contribution in [2.45, 2.75) is 13.8 Å². The van der Waals surface area contributed by atoms with Crippen LogP contribution in [-0.2, 0) is 0 Å². The summed E-state index contributed by atoms with van der Waals surface area (Å²) in [6.45, 7) is 3.72. The molecule has 0 aliphatic carbocycles. The zero-order valence-electron chi connectivity index (χ0n) is 12.0. The monoisotopic (exact) mass is 317 g/mol. The fraction of sp³-hybridized carbons (Fsp3) is 0.133. The predicted molar refractivity (Wildman–Crippen MR) is 83.3 cm³/mol. The molecular formula is C15H13ClFN5. The van der Waals surface area contributed by atoms with Crippen molar-refractivity contribution >= 4 is 23.1 Å². The molecule has 1 aromatic carbocycles. The Morgan fingerprint density at radius 2 is 1.95 bits per heavy atom. The third-order valence-electron chi connectivity index (χ3n) is 2.98. The second-order valence-electron chi connectivity index (χ2n) is 4.87. The highest BCUT2D eigenvalue weighted by Crippen LogP contribution is 2.23. The van der Waals surface area contributed by atoms with E-state index in [2.05, 4.69) is 20.3 Å². The van der Waals surface area contributed by atoms with E-state index in [1.165, 1.54) is 18.2 Å². The lowest BCUT2D eigenvalue weighted by atomic mass is 10.3. The summed E-state index contributed by atoms with van der Waals surface area (Å²) in [6.07, 6.45) is 3.45. The summed E-state index contributed by atoms with van der Waals surface area (Å²) in [5.41, 5.74) is 1.88. The molecule has 5 nitrogen and oxygen atoms in total. The number of rotatable bonds is 3. The van der Waals surface area contributed by atoms with Crippen LogP contribution in [0.1, 0.15) is 11.4 Å². The van der Waals surface area contributed by atoms with Crippen LogP contribution in [-0.4, -0.2) is 19.5 Å². The van der Waals surface area contributed by atoms with Gasteiger partial charge in [0.05, 0.1) is 11.4 Å². The highest BCUT2D eigenvalue weighted by Gasteiger charge is 2.08. The lowest BCUT2D eigenvalue weighted by molar-refractivity contribution is 0.632. The van der Waals surface area contributed by atoms with Crippen molar-refractivity contribution < 1.29 is 4.39 Å². The number of hydrogen-bond donors (Lipinski definition) is 1. The minimum absolute atomic E-state index is 0.262. The van der Waals surface area contributed by atoms with Crippen LogP contribution in [0.15, 0.2) is 36.8 Å². The van der Waals surface area contributed by atoms with E-state index in [4.69, 9.17) is 11.6 Å². The van der Waals surface area contributed by atoms with Gasteiger partial charge >= 0.3 is 0 Å². The molecule has 0 unspecified atom stereocenters. The number of halogens is 2. The number of aromatic nitrogens is 4. The van der Waals surface area contributed by atoms with Crippen molar-refractivity contribution in [2.24, 2.45) is 0 Å². The zero-order valence-corrected chi connectivity index (χ0v) is 12.8. The molecule has 3 rings (SSSR count). The Bertz CT molecular complexity index is 831. The Labute approximate surface area is 131 Å². The van der Waals surface area contributed by atoms with Crippen LogP contribution >= 0.6 is 11.6 Å². The fourth-order valence-corrected chi connectivity index (χ4v) is 2.17. The van der Waals surface area contributed by atoms with Gasteiger partial charge in [0.25, 0.3) is 0 Å². The Morgan fingerprint density at radius 1 is 1.14 bits per heavy atom. The Hall–Kier alpha value is -2.47. The Balaban J connectivity index is 1.97. The maximum atomic E-state index is 13.8. The van der Waals surface area contributed by atoms with Gasteiger partial charge in [-0.25, -0.2) is 14.4 Å². The molecule has 0 bridgehead atoms. The number of aryl methyl sites for hydroxylation is 2. The van der Waals surface area contributed by atoms with Crippen molar-refractivity contribution in [3.05, 3.63) is 59.0 Å². The van der Waals surface area contributed by atoms with E-state index in [1.54, 1.807) is 17.0 Å². The van der Waals surface area contributed by atoms with Crippen LogP contribution in [0.25, 0.3) is 5.95 Å². The molecule has 0 radical (unpaired) electrons. The quantitative estimate of drug-likeness (QED) is 0.798. The lowest BCUT2D eigenvalue weighted by Gasteiger charge is -2.10. The van der Waals surface area contributed by atoms with Crippen LogP contribution in [0.4, 0.5) is 15.9 Å². The van der Waals surface area contributed by atoms with Crippen LogP contribution in [0, 0.1) is 19.7 Å². The minimum Gasteiger partial charge on any atom is -0.338 e. The van der Waals surface area contributed by atoms with E-state index in [-0.39, 0.29) is 5.69 Å². The maximum absolute atomic E-state index is 13.8. The topological polar surface area (TPSA) is 55.6 Å². The van der Waals surface area contributed by atoms with Gasteiger partial charge in [-0.15, -0.1) is 0 Å². The van der Waals surface area contributed by atoms with Gasteiger partial charge in [-0.2, -0.15) is 4.98 Å². The molecular weight excluding hydrogens is 305 g/mol. The number of nitrogens with zero attached hydrogens (tertiary/aromatic N) is 4. The molecule has 7 heteroatoms. The number of hydrogen-bond acceptors (Lipinski definition) is 4. The number of imidazole rings is 1. The summed E-state index contributed by atoms with van der Waals surface area (Å²) in [5.74, 6) is 0.543. The first-order valence-corrected chi connectivity index (χ1v) is 6.98. The van der Waals surface area contributed by atoms with Crippen molar-refractivity contribution in [1.29, 1.82) is 0 Å². The van der Waals surface area contributed by atoms with Crippen molar-refractivity contribution in [2.75, 3.05) is 5.32 Å². The van der Waals surface area contributed by atoms with Gasteiger partial charge in [0.15, 0.2) is 0 Å². The summed E-state index contributed by atoms with van der Waals surface area (Å²) in [4.78, 5) is 12.9. The Kier molecular flexibility index (Phi) is 3.77. The van der Waals surface area contributed by atoms with Gasteiger partial charge < -0.3 is 5.32 Å². The van der Waals surface area contributed by atoms with E-state index in [0.717, 1.165) is 11.4 Å². The van der Waals surface area contributed by atoms with E-state index in [0.29, 0.717) is 16.8 Å². The molecule has 0 saturated carbocycles. The molecule has 0 atom stereocenters. The van der Waals surface area contributed by atoms with Gasteiger partial charge in [0.1, 0.15) is 18.0 Å². The average molecular weight is 318 g/mol. The van der Waals surface area contributed by atoms with E-state index in [9.17, 15) is 4.39 Å². The van der Waals surface area contributed by atoms with Crippen molar-refractivity contribution in [3.63, 3.8) is 0 Å². The first-order valence-electron chi connectivity index (χ1n) is 6.60. The van der Waals surface area contributed by atoms with Crippen LogP contribution in [0.5, 0.6) is 0 Å². The average Bonchev–Trinajstić information content (AvgIpc) is 2.89. The molecule has 0 aliphatic rings. The molecule has 2 heterocycles. The SMILES string of the molecule is Cc1cn(-c2nc(C)cc(Nc3cc(Cl)ccc3F)n2)cn1. The van der Waals surface area contributed by atoms with Crippen LogP contribution in [0.3, 0.4) is 0 Å². The number of benzene rings is 1. The fourth-order valence-electron chi connectivity index (χ4n) is 1.99. The zero-order chi connectivity index (χ0) is 15.7. The molecule has 0 fully saturated rings. The molecule has 22 heavy (non-hydrogen) atoms. The lowest BCUT2D eigenvalue weighted by Crippen LogP contribution is -2.04. The first-order chi connectivity index (χ1) is 10.5. The maximum Gasteiger partial charge on any atom is 0.237 e. The van der Waals surface area contributed by atoms with Gasteiger partial charge in [-0.3, -0.25) is 4.57 Å². The summed E-state index contributed by atoms with van der Waals surface area (Å²) in [5, 5.41) is 3.37. The summed E-state index contributed by atoms with van der Waals surface area (Å²) < 4.78 is 15.5. The Morgan fingerprint density at radius 3 is 2.68 bits per heavy atom. The third-order valence-corrected chi connectivity index (χ3v) is 3.21. The molecule has 0 amide bonds. The molecule has 3 aromatic rings. The number of anilines is 2. The highest BCUT2D eigenvalue weighted by molar-refractivity contribution is 6.30. The standard InChI is InChI=1S/C15H13ClFN5/c1-9-5-14(20-13-6-11(16)3-4-12(13)17)21-15(19-9)22-7-10(2)18-8-22/h3-8H,1-2H3,(H,19,20,21). The summed E-state index contributed by atoms with van der Waals surface area (Å²) in [6, 6.07) is 6.04. The van der Waals surface area contributed by atoms with Crippen LogP contribution < -0.4 is 5.32 Å². The van der Waals surface area contributed by atoms with Crippen molar-refractivity contribution in [3.8, 4) is 5.95 Å². The highest BCUT2D eigenvalue weighted by atomic mass is 35.5. The second-order valence-corrected chi connectivity index (χ2v) is 5.30. The third kappa shape index (κ3) is 3.07. The molecule has 0 aliphatic heterocycles. The number of nitrogens with one attached hydrogen (secondary N) is 1. The second kappa shape index (κ2) is 5.73. The predicted octanol–water partition coefficient (Wildman–Crippen LogP) is 3.82. The van der Waals surface area contributed by atoms with Gasteiger partial charge in [0, 0.05) is 23.0 Å². The van der Waals surface area contributed by atoms with Crippen LogP contribution in [0.2, 0.25) is 5.02 Å². The normalized spacial score (nSPS) is 10.7. The smallest absolute Gasteiger partial charge is 0.237 e. The minimum atomic E-state index is -0.402. The molecule has 0 spiro atoms. The summed E-state index contributed by atoms with van der Waals surface area (Å²) in [7, 11) is 0. The first kappa shape index (κ1) is 14.5. The van der Waals surface area contributed by atoms with E-state index < -0.39 is 5.82 Å². The van der Waals surface area contributed by atoms with E-state index >= 15 is 0 Å². The van der Waals surface area contributed by atoms with E-state index in [1.807, 2.05) is 20.0 Å². The molecule has 0 saturated heterocycles. The van der Waals surface area contributed by atoms with Crippen molar-refractivity contribution in [1.82, 2.24) is 19.5 Å². The molecule has 2 aromatic heterocycles. The largest absolute Gasteiger partial charge is 0.338 e. The molecule has 112 valence electrons. The molecule has 1 N–H and O–H groups in total. The summed E-state index contributed by atoms with van der Waals surface area (Å²) >= 11 is 5.89. The van der Waals surface area contributed by atoms with Gasteiger partial charge in [-0.05, 0) is 32.0 Å². The van der Waals surface area contributed by atoms with Gasteiger partial charge in [0.2, 0.25) is 5.95 Å².